The van der Waals surface area contributed by atoms with E-state index in [-0.39, 0.29) is 17.9 Å². The Balaban J connectivity index is 1.46. The first-order valence-electron chi connectivity index (χ1n) is 9.88. The third-order valence-corrected chi connectivity index (χ3v) is 6.07. The number of aromatic nitrogens is 3. The van der Waals surface area contributed by atoms with Crippen molar-refractivity contribution in [2.45, 2.75) is 33.4 Å². The van der Waals surface area contributed by atoms with Gasteiger partial charge in [0.15, 0.2) is 0 Å². The number of pyridine rings is 1. The molecule has 0 bridgehead atoms. The van der Waals surface area contributed by atoms with E-state index in [0.29, 0.717) is 31.3 Å². The van der Waals surface area contributed by atoms with Gasteiger partial charge in [0.2, 0.25) is 5.91 Å². The Hall–Kier alpha value is -2.44. The first kappa shape index (κ1) is 19.9. The Bertz CT molecular complexity index is 1050. The summed E-state index contributed by atoms with van der Waals surface area (Å²) in [6.07, 6.45) is 1.65. The number of amides is 1. The predicted molar refractivity (Wildman–Crippen MR) is 113 cm³/mol. The molecule has 7 heteroatoms. The molecule has 2 aromatic heterocycles. The molecule has 0 N–H and O–H groups in total. The van der Waals surface area contributed by atoms with Crippen LogP contribution in [0.2, 0.25) is 5.02 Å². The standard InChI is InChI=1S/C22H25ClN4O2/c1-14(12-27-16(3)21(23)15(2)25-27)22(28)26-8-9-29-20(13-26)19-10-17-6-4-5-7-18(17)11-24-19/h4-7,10-11,14,20H,8-9,12-13H2,1-3H3/t14-,20+/m1/s1. The van der Waals surface area contributed by atoms with Crippen LogP contribution in [0.5, 0.6) is 0 Å². The van der Waals surface area contributed by atoms with Gasteiger partial charge in [-0.15, -0.1) is 0 Å². The van der Waals surface area contributed by atoms with E-state index in [4.69, 9.17) is 16.3 Å². The lowest BCUT2D eigenvalue weighted by Gasteiger charge is -2.34. The molecule has 1 aliphatic rings. The third-order valence-electron chi connectivity index (χ3n) is 5.52. The number of hydrogen-bond donors (Lipinski definition) is 0. The molecule has 3 heterocycles. The van der Waals surface area contributed by atoms with Crippen molar-refractivity contribution in [3.8, 4) is 0 Å². The number of aryl methyl sites for hydroxylation is 1. The fourth-order valence-electron chi connectivity index (χ4n) is 3.81. The average molecular weight is 413 g/mol. The smallest absolute Gasteiger partial charge is 0.227 e. The Labute approximate surface area is 175 Å². The minimum atomic E-state index is -0.215. The first-order valence-corrected chi connectivity index (χ1v) is 10.3. The maximum atomic E-state index is 13.1. The highest BCUT2D eigenvalue weighted by molar-refractivity contribution is 6.31. The van der Waals surface area contributed by atoms with Gasteiger partial charge in [-0.2, -0.15) is 5.10 Å². The minimum absolute atomic E-state index is 0.0998. The van der Waals surface area contributed by atoms with Crippen molar-refractivity contribution in [2.24, 2.45) is 5.92 Å². The molecule has 0 saturated carbocycles. The number of hydrogen-bond acceptors (Lipinski definition) is 4. The van der Waals surface area contributed by atoms with Crippen LogP contribution in [0, 0.1) is 19.8 Å². The van der Waals surface area contributed by atoms with Crippen molar-refractivity contribution in [3.63, 3.8) is 0 Å². The summed E-state index contributed by atoms with van der Waals surface area (Å²) in [6.45, 7) is 7.85. The van der Waals surface area contributed by atoms with Crippen LogP contribution < -0.4 is 0 Å². The number of nitrogens with zero attached hydrogens (tertiary/aromatic N) is 4. The van der Waals surface area contributed by atoms with E-state index in [2.05, 4.69) is 22.2 Å². The van der Waals surface area contributed by atoms with E-state index in [1.807, 2.05) is 54.7 Å². The molecule has 1 saturated heterocycles. The minimum Gasteiger partial charge on any atom is -0.368 e. The molecule has 1 fully saturated rings. The molecule has 0 radical (unpaired) electrons. The highest BCUT2D eigenvalue weighted by atomic mass is 35.5. The molecule has 0 spiro atoms. The summed E-state index contributed by atoms with van der Waals surface area (Å²) in [7, 11) is 0. The lowest BCUT2D eigenvalue weighted by atomic mass is 10.1. The van der Waals surface area contributed by atoms with Crippen molar-refractivity contribution in [1.82, 2.24) is 19.7 Å². The summed E-state index contributed by atoms with van der Waals surface area (Å²) in [5.74, 6) is -0.102. The van der Waals surface area contributed by atoms with Crippen LogP contribution in [0.15, 0.2) is 36.5 Å². The van der Waals surface area contributed by atoms with E-state index in [1.54, 1.807) is 0 Å². The van der Waals surface area contributed by atoms with Gasteiger partial charge in [0.25, 0.3) is 0 Å². The second-order valence-electron chi connectivity index (χ2n) is 7.67. The maximum absolute atomic E-state index is 13.1. The van der Waals surface area contributed by atoms with Crippen LogP contribution in [-0.2, 0) is 16.1 Å². The molecule has 2 atom stereocenters. The lowest BCUT2D eigenvalue weighted by Crippen LogP contribution is -2.45. The normalized spacial score (nSPS) is 18.2. The molecule has 0 unspecified atom stereocenters. The van der Waals surface area contributed by atoms with E-state index in [9.17, 15) is 4.79 Å². The Morgan fingerprint density at radius 1 is 1.31 bits per heavy atom. The van der Waals surface area contributed by atoms with Crippen LogP contribution >= 0.6 is 11.6 Å². The van der Waals surface area contributed by atoms with Gasteiger partial charge in [-0.3, -0.25) is 14.5 Å². The lowest BCUT2D eigenvalue weighted by molar-refractivity contribution is -0.143. The van der Waals surface area contributed by atoms with Crippen LogP contribution in [-0.4, -0.2) is 45.3 Å². The van der Waals surface area contributed by atoms with Gasteiger partial charge < -0.3 is 9.64 Å². The van der Waals surface area contributed by atoms with Crippen LogP contribution in [0.4, 0.5) is 0 Å². The van der Waals surface area contributed by atoms with E-state index < -0.39 is 0 Å². The fourth-order valence-corrected chi connectivity index (χ4v) is 3.94. The van der Waals surface area contributed by atoms with Crippen molar-refractivity contribution >= 4 is 28.3 Å². The number of halogens is 1. The Morgan fingerprint density at radius 2 is 2.07 bits per heavy atom. The maximum Gasteiger partial charge on any atom is 0.227 e. The molecule has 4 rings (SSSR count). The molecule has 152 valence electrons. The molecular formula is C22H25ClN4O2. The molecule has 29 heavy (non-hydrogen) atoms. The summed E-state index contributed by atoms with van der Waals surface area (Å²) in [5, 5.41) is 7.33. The van der Waals surface area contributed by atoms with E-state index >= 15 is 0 Å². The zero-order valence-corrected chi connectivity index (χ0v) is 17.7. The van der Waals surface area contributed by atoms with Gasteiger partial charge >= 0.3 is 0 Å². The number of carbonyl (C=O) groups excluding carboxylic acids is 1. The van der Waals surface area contributed by atoms with Gasteiger partial charge in [-0.25, -0.2) is 0 Å². The SMILES string of the molecule is Cc1nn(C[C@@H](C)C(=O)N2CCO[C@H](c3cc4ccccc4cn3)C2)c(C)c1Cl. The number of benzene rings is 1. The summed E-state index contributed by atoms with van der Waals surface area (Å²) in [6, 6.07) is 10.2. The summed E-state index contributed by atoms with van der Waals surface area (Å²) in [4.78, 5) is 19.5. The van der Waals surface area contributed by atoms with Crippen LogP contribution in [0.25, 0.3) is 10.8 Å². The van der Waals surface area contributed by atoms with E-state index in [0.717, 1.165) is 27.9 Å². The highest BCUT2D eigenvalue weighted by Gasteiger charge is 2.29. The zero-order valence-electron chi connectivity index (χ0n) is 16.9. The monoisotopic (exact) mass is 412 g/mol. The van der Waals surface area contributed by atoms with Gasteiger partial charge in [-0.1, -0.05) is 42.8 Å². The number of fused-ring (bicyclic) bond motifs is 1. The van der Waals surface area contributed by atoms with Gasteiger partial charge in [-0.05, 0) is 25.3 Å². The second-order valence-corrected chi connectivity index (χ2v) is 8.05. The second kappa shape index (κ2) is 8.13. The number of rotatable bonds is 4. The predicted octanol–water partition coefficient (Wildman–Crippen LogP) is 3.94. The third kappa shape index (κ3) is 4.00. The highest BCUT2D eigenvalue weighted by Crippen LogP contribution is 2.25. The largest absolute Gasteiger partial charge is 0.368 e. The zero-order chi connectivity index (χ0) is 20.5. The van der Waals surface area contributed by atoms with Gasteiger partial charge in [0.1, 0.15) is 6.10 Å². The van der Waals surface area contributed by atoms with Crippen LogP contribution in [0.1, 0.15) is 30.1 Å². The average Bonchev–Trinajstić information content (AvgIpc) is 2.99. The van der Waals surface area contributed by atoms with Crippen molar-refractivity contribution < 1.29 is 9.53 Å². The fraction of sp³-hybridized carbons (Fsp3) is 0.409. The van der Waals surface area contributed by atoms with Crippen LogP contribution in [0.3, 0.4) is 0 Å². The number of ether oxygens (including phenoxy) is 1. The van der Waals surface area contributed by atoms with Crippen molar-refractivity contribution in [2.75, 3.05) is 19.7 Å². The van der Waals surface area contributed by atoms with Gasteiger partial charge in [0.05, 0.1) is 47.7 Å². The molecule has 0 aliphatic carbocycles. The number of carbonyl (C=O) groups is 1. The molecule has 6 nitrogen and oxygen atoms in total. The first-order chi connectivity index (χ1) is 13.9. The van der Waals surface area contributed by atoms with E-state index in [1.165, 1.54) is 0 Å². The van der Waals surface area contributed by atoms with Crippen molar-refractivity contribution in [3.05, 3.63) is 58.6 Å². The molecule has 1 aliphatic heterocycles. The summed E-state index contributed by atoms with van der Waals surface area (Å²) < 4.78 is 7.76. The summed E-state index contributed by atoms with van der Waals surface area (Å²) >= 11 is 6.24. The quantitative estimate of drug-likeness (QED) is 0.651. The Kier molecular flexibility index (Phi) is 5.56. The van der Waals surface area contributed by atoms with Crippen molar-refractivity contribution in [1.29, 1.82) is 0 Å². The molecule has 1 amide bonds. The summed E-state index contributed by atoms with van der Waals surface area (Å²) in [5.41, 5.74) is 2.54. The Morgan fingerprint density at radius 3 is 2.79 bits per heavy atom. The molecule has 1 aromatic carbocycles. The van der Waals surface area contributed by atoms with Gasteiger partial charge in [0, 0.05) is 18.1 Å². The molecular weight excluding hydrogens is 388 g/mol. The number of morpholine rings is 1. The molecule has 3 aromatic rings. The topological polar surface area (TPSA) is 60.2 Å².